The van der Waals surface area contributed by atoms with E-state index in [1.807, 2.05) is 27.7 Å². The Morgan fingerprint density at radius 3 is 2.28 bits per heavy atom. The summed E-state index contributed by atoms with van der Waals surface area (Å²) in [5.41, 5.74) is 6.63. The van der Waals surface area contributed by atoms with Crippen LogP contribution in [-0.4, -0.2) is 44.6 Å². The van der Waals surface area contributed by atoms with Gasteiger partial charge in [-0.05, 0) is 36.0 Å². The zero-order chi connectivity index (χ0) is 22.0. The molecule has 4 N–H and O–H groups in total. The molecule has 1 atom stereocenters. The van der Waals surface area contributed by atoms with Gasteiger partial charge in [0.15, 0.2) is 17.5 Å². The van der Waals surface area contributed by atoms with Gasteiger partial charge in [-0.25, -0.2) is 4.99 Å². The number of carbonyl (C=O) groups excluding carboxylic acids is 2. The van der Waals surface area contributed by atoms with Crippen molar-refractivity contribution in [1.82, 2.24) is 10.6 Å². The van der Waals surface area contributed by atoms with Crippen molar-refractivity contribution in [3.8, 4) is 11.5 Å². The molecule has 0 saturated heterocycles. The van der Waals surface area contributed by atoms with E-state index in [1.165, 1.54) is 7.11 Å². The summed E-state index contributed by atoms with van der Waals surface area (Å²) in [6, 6.07) is 4.59. The third-order valence-corrected chi connectivity index (χ3v) is 4.06. The number of aliphatic imine (C=N–C) groups is 1. The molecule has 0 heterocycles. The highest BCUT2D eigenvalue weighted by molar-refractivity contribution is 5.98. The molecule has 0 bridgehead atoms. The number of hydrogen-bond donors (Lipinski definition) is 3. The molecule has 162 valence electrons. The summed E-state index contributed by atoms with van der Waals surface area (Å²) in [5, 5.41) is 5.42. The van der Waals surface area contributed by atoms with E-state index in [0.717, 1.165) is 5.56 Å². The molecular weight excluding hydrogens is 372 g/mol. The van der Waals surface area contributed by atoms with Gasteiger partial charge in [0.05, 0.1) is 20.6 Å². The zero-order valence-corrected chi connectivity index (χ0v) is 18.2. The monoisotopic (exact) mass is 406 g/mol. The molecule has 0 aliphatic carbocycles. The summed E-state index contributed by atoms with van der Waals surface area (Å²) < 4.78 is 10.4. The fraction of sp³-hybridized carbons (Fsp3) is 0.571. The first kappa shape index (κ1) is 24.3. The molecule has 0 aromatic heterocycles. The number of rotatable bonds is 10. The summed E-state index contributed by atoms with van der Waals surface area (Å²) in [4.78, 5) is 29.0. The minimum absolute atomic E-state index is 0.0687. The first-order chi connectivity index (χ1) is 13.7. The minimum Gasteiger partial charge on any atom is -0.493 e. The molecule has 8 heteroatoms. The second kappa shape index (κ2) is 11.9. The van der Waals surface area contributed by atoms with Crippen molar-refractivity contribution in [3.05, 3.63) is 23.8 Å². The largest absolute Gasteiger partial charge is 0.493 e. The second-order valence-electron chi connectivity index (χ2n) is 7.71. The van der Waals surface area contributed by atoms with Crippen LogP contribution in [-0.2, 0) is 16.0 Å². The molecular formula is C21H34N4O4. The number of nitrogens with one attached hydrogen (secondary N) is 2. The predicted octanol–water partition coefficient (Wildman–Crippen LogP) is 1.86. The quantitative estimate of drug-likeness (QED) is 0.405. The average molecular weight is 407 g/mol. The van der Waals surface area contributed by atoms with Crippen LogP contribution in [0.4, 0.5) is 0 Å². The first-order valence-electron chi connectivity index (χ1n) is 9.77. The van der Waals surface area contributed by atoms with E-state index in [9.17, 15) is 9.59 Å². The van der Waals surface area contributed by atoms with Crippen LogP contribution in [0, 0.1) is 11.8 Å². The van der Waals surface area contributed by atoms with E-state index in [4.69, 9.17) is 15.2 Å². The van der Waals surface area contributed by atoms with Crippen LogP contribution < -0.4 is 25.8 Å². The normalized spacial score (nSPS) is 12.6. The van der Waals surface area contributed by atoms with Crippen LogP contribution in [0.5, 0.6) is 11.5 Å². The highest BCUT2D eigenvalue weighted by atomic mass is 16.5. The molecule has 8 nitrogen and oxygen atoms in total. The Hall–Kier alpha value is -2.77. The van der Waals surface area contributed by atoms with E-state index < -0.39 is 6.04 Å². The first-order valence-corrected chi connectivity index (χ1v) is 9.77. The lowest BCUT2D eigenvalue weighted by atomic mass is 10.0. The lowest BCUT2D eigenvalue weighted by Crippen LogP contribution is -2.42. The van der Waals surface area contributed by atoms with Crippen LogP contribution in [0.2, 0.25) is 0 Å². The lowest BCUT2D eigenvalue weighted by Gasteiger charge is -2.17. The Kier molecular flexibility index (Phi) is 9.99. The topological polar surface area (TPSA) is 115 Å². The molecule has 1 rings (SSSR count). The number of benzene rings is 1. The molecule has 1 aromatic carbocycles. The van der Waals surface area contributed by atoms with Crippen LogP contribution in [0.3, 0.4) is 0 Å². The second-order valence-corrected chi connectivity index (χ2v) is 7.71. The van der Waals surface area contributed by atoms with Crippen molar-refractivity contribution < 1.29 is 19.1 Å². The standard InChI is InChI=1S/C21H34N4O4/c1-13(2)9-16(20(27)23-12-14(3)4)24-21(22)25-19(26)11-15-7-8-17(28-5)18(10-15)29-6/h7-8,10,13-14,16H,9,11-12H2,1-6H3,(H,23,27)(H3,22,24,25,26)/t16-/m1/s1. The van der Waals surface area contributed by atoms with Crippen LogP contribution in [0.15, 0.2) is 23.2 Å². The maximum Gasteiger partial charge on any atom is 0.244 e. The maximum absolute atomic E-state index is 12.4. The third-order valence-electron chi connectivity index (χ3n) is 4.06. The van der Waals surface area contributed by atoms with E-state index in [-0.39, 0.29) is 30.1 Å². The third kappa shape index (κ3) is 8.85. The van der Waals surface area contributed by atoms with Crippen molar-refractivity contribution in [1.29, 1.82) is 0 Å². The highest BCUT2D eigenvalue weighted by Gasteiger charge is 2.20. The van der Waals surface area contributed by atoms with Gasteiger partial charge in [-0.2, -0.15) is 0 Å². The molecule has 0 spiro atoms. The molecule has 1 aromatic rings. The van der Waals surface area contributed by atoms with Crippen molar-refractivity contribution in [2.75, 3.05) is 20.8 Å². The Bertz CT molecular complexity index is 717. The Labute approximate surface area is 173 Å². The highest BCUT2D eigenvalue weighted by Crippen LogP contribution is 2.27. The molecule has 2 amide bonds. The van der Waals surface area contributed by atoms with Crippen molar-refractivity contribution in [2.45, 2.75) is 46.6 Å². The Morgan fingerprint density at radius 1 is 1.07 bits per heavy atom. The minimum atomic E-state index is -0.643. The molecule has 0 radical (unpaired) electrons. The number of guanidine groups is 1. The summed E-state index contributed by atoms with van der Waals surface area (Å²) in [7, 11) is 3.08. The van der Waals surface area contributed by atoms with Crippen LogP contribution in [0.1, 0.15) is 39.7 Å². The van der Waals surface area contributed by atoms with E-state index in [2.05, 4.69) is 15.6 Å². The van der Waals surface area contributed by atoms with Gasteiger partial charge >= 0.3 is 0 Å². The van der Waals surface area contributed by atoms with Crippen molar-refractivity contribution >= 4 is 17.8 Å². The molecule has 0 unspecified atom stereocenters. The van der Waals surface area contributed by atoms with Gasteiger partial charge in [-0.15, -0.1) is 0 Å². The van der Waals surface area contributed by atoms with Crippen LogP contribution in [0.25, 0.3) is 0 Å². The summed E-state index contributed by atoms with van der Waals surface area (Å²) in [6.45, 7) is 8.61. The number of hydrogen-bond acceptors (Lipinski definition) is 5. The Balaban J connectivity index is 2.78. The van der Waals surface area contributed by atoms with Crippen molar-refractivity contribution in [3.63, 3.8) is 0 Å². The molecule has 0 aliphatic heterocycles. The number of nitrogens with zero attached hydrogens (tertiary/aromatic N) is 1. The van der Waals surface area contributed by atoms with E-state index in [0.29, 0.717) is 30.4 Å². The van der Waals surface area contributed by atoms with Gasteiger partial charge in [-0.3, -0.25) is 14.9 Å². The fourth-order valence-electron chi connectivity index (χ4n) is 2.65. The average Bonchev–Trinajstić information content (AvgIpc) is 2.64. The number of ether oxygens (including phenoxy) is 2. The lowest BCUT2D eigenvalue weighted by molar-refractivity contribution is -0.123. The Morgan fingerprint density at radius 2 is 1.72 bits per heavy atom. The molecule has 0 fully saturated rings. The van der Waals surface area contributed by atoms with Gasteiger partial charge in [0, 0.05) is 6.54 Å². The number of amides is 2. The molecule has 29 heavy (non-hydrogen) atoms. The number of nitrogens with two attached hydrogens (primary N) is 1. The fourth-order valence-corrected chi connectivity index (χ4v) is 2.65. The smallest absolute Gasteiger partial charge is 0.244 e. The van der Waals surface area contributed by atoms with Gasteiger partial charge in [0.25, 0.3) is 0 Å². The number of methoxy groups -OCH3 is 2. The predicted molar refractivity (Wildman–Crippen MR) is 114 cm³/mol. The molecule has 0 saturated carbocycles. The van der Waals surface area contributed by atoms with Crippen molar-refractivity contribution in [2.24, 2.45) is 22.6 Å². The van der Waals surface area contributed by atoms with E-state index in [1.54, 1.807) is 25.3 Å². The summed E-state index contributed by atoms with van der Waals surface area (Å²) in [6.07, 6.45) is 0.626. The van der Waals surface area contributed by atoms with E-state index >= 15 is 0 Å². The van der Waals surface area contributed by atoms with Crippen LogP contribution >= 0.6 is 0 Å². The molecule has 0 aliphatic rings. The maximum atomic E-state index is 12.4. The zero-order valence-electron chi connectivity index (χ0n) is 18.2. The van der Waals surface area contributed by atoms with Gasteiger partial charge in [0.2, 0.25) is 11.8 Å². The number of carbonyl (C=O) groups is 2. The SMILES string of the molecule is COc1ccc(CC(=O)NC(N)=N[C@H](CC(C)C)C(=O)NCC(C)C)cc1OC. The summed E-state index contributed by atoms with van der Waals surface area (Å²) >= 11 is 0. The van der Waals surface area contributed by atoms with Gasteiger partial charge in [-0.1, -0.05) is 33.8 Å². The van der Waals surface area contributed by atoms with Gasteiger partial charge < -0.3 is 20.5 Å². The van der Waals surface area contributed by atoms with Gasteiger partial charge in [0.1, 0.15) is 6.04 Å². The summed E-state index contributed by atoms with van der Waals surface area (Å²) in [5.74, 6) is 1.12.